The van der Waals surface area contributed by atoms with Crippen LogP contribution in [-0.4, -0.2) is 45.2 Å². The van der Waals surface area contributed by atoms with E-state index in [1.807, 2.05) is 34.6 Å². The van der Waals surface area contributed by atoms with Crippen LogP contribution in [0.25, 0.3) is 5.65 Å². The summed E-state index contributed by atoms with van der Waals surface area (Å²) in [5.41, 5.74) is 2.31. The second kappa shape index (κ2) is 7.03. The lowest BCUT2D eigenvalue weighted by Crippen LogP contribution is -2.38. The molecule has 0 radical (unpaired) electrons. The first-order valence-electron chi connectivity index (χ1n) is 8.61. The van der Waals surface area contributed by atoms with Gasteiger partial charge in [-0.05, 0) is 43.9 Å². The van der Waals surface area contributed by atoms with Gasteiger partial charge in [-0.1, -0.05) is 6.92 Å². The maximum atomic E-state index is 12.3. The van der Waals surface area contributed by atoms with E-state index in [0.717, 1.165) is 37.0 Å². The Kier molecular flexibility index (Phi) is 4.83. The average Bonchev–Trinajstić information content (AvgIpc) is 3.17. The van der Waals surface area contributed by atoms with Crippen LogP contribution < -0.4 is 5.32 Å². The van der Waals surface area contributed by atoms with Crippen LogP contribution >= 0.6 is 0 Å². The number of fused-ring (bicyclic) bond motifs is 1. The van der Waals surface area contributed by atoms with E-state index in [1.54, 1.807) is 6.20 Å². The zero-order chi connectivity index (χ0) is 17.1. The van der Waals surface area contributed by atoms with Gasteiger partial charge in [0.25, 0.3) is 5.91 Å². The third kappa shape index (κ3) is 3.42. The maximum Gasteiger partial charge on any atom is 0.271 e. The lowest BCUT2D eigenvalue weighted by Gasteiger charge is -2.26. The number of hydrogen-bond acceptors (Lipinski definition) is 3. The Hall–Kier alpha value is -2.37. The Labute approximate surface area is 141 Å². The lowest BCUT2D eigenvalue weighted by molar-refractivity contribution is -0.129. The molecule has 3 rings (SSSR count). The van der Waals surface area contributed by atoms with Crippen molar-refractivity contribution in [3.05, 3.63) is 35.8 Å². The van der Waals surface area contributed by atoms with Crippen molar-refractivity contribution in [2.75, 3.05) is 13.1 Å². The summed E-state index contributed by atoms with van der Waals surface area (Å²) in [7, 11) is 0. The van der Waals surface area contributed by atoms with E-state index in [1.165, 1.54) is 0 Å². The van der Waals surface area contributed by atoms with Gasteiger partial charge in [0.05, 0.1) is 0 Å². The lowest BCUT2D eigenvalue weighted by atomic mass is 10.1. The molecule has 1 aliphatic rings. The first-order valence-corrected chi connectivity index (χ1v) is 8.61. The normalized spacial score (nSPS) is 15.9. The van der Waals surface area contributed by atoms with E-state index < -0.39 is 0 Å². The number of likely N-dealkylation sites (tertiary alicyclic amines) is 1. The van der Waals surface area contributed by atoms with Gasteiger partial charge in [0.1, 0.15) is 11.3 Å². The molecule has 1 saturated heterocycles. The molecule has 0 spiro atoms. The number of hydrogen-bond donors (Lipinski definition) is 1. The predicted molar refractivity (Wildman–Crippen MR) is 91.9 cm³/mol. The molecule has 3 heterocycles. The Morgan fingerprint density at radius 3 is 3.00 bits per heavy atom. The minimum atomic E-state index is -0.168. The first-order chi connectivity index (χ1) is 11.6. The molecule has 0 aliphatic carbocycles. The number of nitrogens with zero attached hydrogens (tertiary/aromatic N) is 3. The van der Waals surface area contributed by atoms with E-state index >= 15 is 0 Å². The first kappa shape index (κ1) is 16.5. The number of carbonyl (C=O) groups excluding carboxylic acids is 2. The molecule has 0 aromatic carbocycles. The molecule has 0 bridgehead atoms. The number of aryl methyl sites for hydroxylation is 1. The largest absolute Gasteiger partial charge is 0.351 e. The van der Waals surface area contributed by atoms with Gasteiger partial charge in [-0.15, -0.1) is 0 Å². The van der Waals surface area contributed by atoms with E-state index in [-0.39, 0.29) is 17.9 Å². The molecule has 1 aliphatic heterocycles. The molecule has 1 unspecified atom stereocenters. The van der Waals surface area contributed by atoms with Crippen molar-refractivity contribution < 1.29 is 9.59 Å². The number of imidazole rings is 1. The van der Waals surface area contributed by atoms with Gasteiger partial charge in [-0.2, -0.15) is 0 Å². The van der Waals surface area contributed by atoms with E-state index in [2.05, 4.69) is 17.2 Å². The van der Waals surface area contributed by atoms with Crippen molar-refractivity contribution in [3.8, 4) is 0 Å². The van der Waals surface area contributed by atoms with Crippen LogP contribution in [0.5, 0.6) is 0 Å². The van der Waals surface area contributed by atoms with Gasteiger partial charge >= 0.3 is 0 Å². The summed E-state index contributed by atoms with van der Waals surface area (Å²) < 4.78 is 1.85. The van der Waals surface area contributed by atoms with Crippen LogP contribution in [0.3, 0.4) is 0 Å². The third-order valence-electron chi connectivity index (χ3n) is 4.63. The van der Waals surface area contributed by atoms with E-state index in [0.29, 0.717) is 18.7 Å². The van der Waals surface area contributed by atoms with Gasteiger partial charge in [0.15, 0.2) is 0 Å². The molecule has 24 heavy (non-hydrogen) atoms. The standard InChI is InChI=1S/C18H24N4O2/c1-3-14(22-9-4-5-17(22)23)6-8-19-18(24)15-12-21-10-7-13(2)11-16(21)20-15/h7,10-12,14H,3-6,8-9H2,1-2H3,(H,19,24). The fraction of sp³-hybridized carbons (Fsp3) is 0.500. The Balaban J connectivity index is 1.57. The zero-order valence-electron chi connectivity index (χ0n) is 14.3. The zero-order valence-corrected chi connectivity index (χ0v) is 14.3. The van der Waals surface area contributed by atoms with Crippen LogP contribution in [0.15, 0.2) is 24.5 Å². The van der Waals surface area contributed by atoms with Gasteiger partial charge < -0.3 is 14.6 Å². The predicted octanol–water partition coefficient (Wildman–Crippen LogP) is 2.16. The van der Waals surface area contributed by atoms with Crippen LogP contribution in [0.1, 0.15) is 48.7 Å². The summed E-state index contributed by atoms with van der Waals surface area (Å²) in [6, 6.07) is 4.14. The number of carbonyl (C=O) groups is 2. The van der Waals surface area contributed by atoms with E-state index in [4.69, 9.17) is 0 Å². The number of rotatable bonds is 6. The fourth-order valence-corrected chi connectivity index (χ4v) is 3.27. The number of nitrogens with one attached hydrogen (secondary N) is 1. The summed E-state index contributed by atoms with van der Waals surface area (Å²) in [4.78, 5) is 30.5. The van der Waals surface area contributed by atoms with Crippen molar-refractivity contribution in [1.82, 2.24) is 19.6 Å². The number of aromatic nitrogens is 2. The monoisotopic (exact) mass is 328 g/mol. The highest BCUT2D eigenvalue weighted by molar-refractivity contribution is 5.92. The Morgan fingerprint density at radius 2 is 2.29 bits per heavy atom. The molecule has 128 valence electrons. The molecule has 2 aromatic heterocycles. The summed E-state index contributed by atoms with van der Waals surface area (Å²) in [6.45, 7) is 5.48. The van der Waals surface area contributed by atoms with Crippen molar-refractivity contribution in [2.45, 2.75) is 45.6 Å². The maximum absolute atomic E-state index is 12.3. The quantitative estimate of drug-likeness (QED) is 0.884. The molecular weight excluding hydrogens is 304 g/mol. The second-order valence-electron chi connectivity index (χ2n) is 6.39. The van der Waals surface area contributed by atoms with Gasteiger partial charge in [0, 0.05) is 37.9 Å². The van der Waals surface area contributed by atoms with Gasteiger partial charge in [0.2, 0.25) is 5.91 Å². The molecule has 0 saturated carbocycles. The molecule has 2 aromatic rings. The third-order valence-corrected chi connectivity index (χ3v) is 4.63. The SMILES string of the molecule is CCC(CCNC(=O)c1cn2ccc(C)cc2n1)N1CCCC1=O. The summed E-state index contributed by atoms with van der Waals surface area (Å²) >= 11 is 0. The fourth-order valence-electron chi connectivity index (χ4n) is 3.27. The highest BCUT2D eigenvalue weighted by Crippen LogP contribution is 2.17. The number of amides is 2. The molecule has 6 nitrogen and oxygen atoms in total. The topological polar surface area (TPSA) is 66.7 Å². The van der Waals surface area contributed by atoms with Crippen molar-refractivity contribution in [1.29, 1.82) is 0 Å². The molecule has 1 fully saturated rings. The summed E-state index contributed by atoms with van der Waals surface area (Å²) in [6.07, 6.45) is 6.94. The van der Waals surface area contributed by atoms with E-state index in [9.17, 15) is 9.59 Å². The van der Waals surface area contributed by atoms with Crippen LogP contribution in [0.2, 0.25) is 0 Å². The molecule has 1 N–H and O–H groups in total. The van der Waals surface area contributed by atoms with Crippen molar-refractivity contribution in [2.24, 2.45) is 0 Å². The smallest absolute Gasteiger partial charge is 0.271 e. The van der Waals surface area contributed by atoms with Crippen molar-refractivity contribution in [3.63, 3.8) is 0 Å². The highest BCUT2D eigenvalue weighted by atomic mass is 16.2. The summed E-state index contributed by atoms with van der Waals surface area (Å²) in [5.74, 6) is 0.0721. The van der Waals surface area contributed by atoms with Gasteiger partial charge in [-0.25, -0.2) is 4.98 Å². The molecule has 6 heteroatoms. The second-order valence-corrected chi connectivity index (χ2v) is 6.39. The van der Waals surface area contributed by atoms with Crippen LogP contribution in [0, 0.1) is 6.92 Å². The summed E-state index contributed by atoms with van der Waals surface area (Å²) in [5, 5.41) is 2.92. The molecule has 1 atom stereocenters. The Bertz CT molecular complexity index is 753. The Morgan fingerprint density at radius 1 is 1.46 bits per heavy atom. The highest BCUT2D eigenvalue weighted by Gasteiger charge is 2.26. The number of pyridine rings is 1. The average molecular weight is 328 g/mol. The minimum Gasteiger partial charge on any atom is -0.351 e. The van der Waals surface area contributed by atoms with Crippen LogP contribution in [-0.2, 0) is 4.79 Å². The molecular formula is C18H24N4O2. The molecule has 2 amide bonds. The van der Waals surface area contributed by atoms with Gasteiger partial charge in [-0.3, -0.25) is 9.59 Å². The van der Waals surface area contributed by atoms with Crippen LogP contribution in [0.4, 0.5) is 0 Å². The van der Waals surface area contributed by atoms with Crippen molar-refractivity contribution >= 4 is 17.5 Å². The minimum absolute atomic E-state index is 0.168.